The maximum absolute atomic E-state index is 5.86. The summed E-state index contributed by atoms with van der Waals surface area (Å²) in [6, 6.07) is 0. The Balaban J connectivity index is 0.000000239. The van der Waals surface area contributed by atoms with E-state index in [9.17, 15) is 0 Å². The average Bonchev–Trinajstić information content (AvgIpc) is 2.47. The summed E-state index contributed by atoms with van der Waals surface area (Å²) in [4.78, 5) is 0. The van der Waals surface area contributed by atoms with Crippen LogP contribution in [0.3, 0.4) is 0 Å². The first kappa shape index (κ1) is 15.5. The molecular weight excluding hydrogens is 268 g/mol. The van der Waals surface area contributed by atoms with Crippen LogP contribution >= 0.6 is 0 Å². The van der Waals surface area contributed by atoms with Gasteiger partial charge in [-0.3, -0.25) is 0 Å². The molecule has 0 aromatic rings. The molecule has 2 fully saturated rings. The van der Waals surface area contributed by atoms with Crippen molar-refractivity contribution >= 4 is 25.7 Å². The normalized spacial score (nSPS) is 29.3. The predicted octanol–water partition coefficient (Wildman–Crippen LogP) is 2.95. The molecule has 2 rings (SSSR count). The van der Waals surface area contributed by atoms with Crippen molar-refractivity contribution in [1.29, 1.82) is 0 Å². The Labute approximate surface area is 108 Å². The molecule has 0 unspecified atom stereocenters. The largest absolute Gasteiger partial charge is 0.416 e. The fraction of sp³-hybridized carbons (Fsp3) is 1.00. The van der Waals surface area contributed by atoms with Gasteiger partial charge in [-0.25, -0.2) is 0 Å². The van der Waals surface area contributed by atoms with E-state index in [2.05, 4.69) is 39.3 Å². The van der Waals surface area contributed by atoms with E-state index in [0.717, 1.165) is 13.2 Å². The highest BCUT2D eigenvalue weighted by molar-refractivity contribution is 6.92. The van der Waals surface area contributed by atoms with E-state index < -0.39 is 25.7 Å². The van der Waals surface area contributed by atoms with Crippen molar-refractivity contribution in [2.75, 3.05) is 13.2 Å². The van der Waals surface area contributed by atoms with Gasteiger partial charge in [-0.2, -0.15) is 0 Å². The molecule has 0 amide bonds. The smallest absolute Gasteiger partial charge is 0.314 e. The Bertz CT molecular complexity index is 199. The highest BCUT2D eigenvalue weighted by atomic mass is 28.5. The SMILES string of the molecule is C1CCOC1.C[Si]1(C)O[Si](C)(C)O[Si](C)(C)O1. The molecule has 0 atom stereocenters. The minimum atomic E-state index is -1.86. The topological polar surface area (TPSA) is 36.9 Å². The van der Waals surface area contributed by atoms with Gasteiger partial charge in [-0.1, -0.05) is 0 Å². The minimum Gasteiger partial charge on any atom is -0.416 e. The first-order valence-electron chi connectivity index (χ1n) is 6.30. The zero-order chi connectivity index (χ0) is 13.2. The second-order valence-corrected chi connectivity index (χ2v) is 16.7. The van der Waals surface area contributed by atoms with Gasteiger partial charge in [0, 0.05) is 13.2 Å². The molecule has 7 heteroatoms. The lowest BCUT2D eigenvalue weighted by Gasteiger charge is -2.46. The quantitative estimate of drug-likeness (QED) is 0.644. The Morgan fingerprint density at radius 1 is 0.588 bits per heavy atom. The summed E-state index contributed by atoms with van der Waals surface area (Å²) in [5.41, 5.74) is 0. The summed E-state index contributed by atoms with van der Waals surface area (Å²) in [7, 11) is -5.59. The molecule has 102 valence electrons. The predicted molar refractivity (Wildman–Crippen MR) is 75.8 cm³/mol. The lowest BCUT2D eigenvalue weighted by molar-refractivity contribution is 0.198. The average molecular weight is 295 g/mol. The summed E-state index contributed by atoms with van der Waals surface area (Å²) in [5, 5.41) is 0. The summed E-state index contributed by atoms with van der Waals surface area (Å²) in [5.74, 6) is 0. The van der Waals surface area contributed by atoms with Crippen molar-refractivity contribution in [3.05, 3.63) is 0 Å². The van der Waals surface area contributed by atoms with Crippen molar-refractivity contribution in [2.45, 2.75) is 52.1 Å². The molecule has 0 saturated carbocycles. The van der Waals surface area contributed by atoms with Gasteiger partial charge in [-0.15, -0.1) is 0 Å². The maximum Gasteiger partial charge on any atom is 0.314 e. The Hall–Kier alpha value is 0.491. The van der Waals surface area contributed by atoms with Gasteiger partial charge in [0.15, 0.2) is 0 Å². The minimum absolute atomic E-state index is 1.00. The van der Waals surface area contributed by atoms with Crippen molar-refractivity contribution in [2.24, 2.45) is 0 Å². The van der Waals surface area contributed by atoms with Crippen LogP contribution in [0.1, 0.15) is 12.8 Å². The van der Waals surface area contributed by atoms with Crippen LogP contribution in [0.15, 0.2) is 0 Å². The highest BCUT2D eigenvalue weighted by Crippen LogP contribution is 2.29. The zero-order valence-electron chi connectivity index (χ0n) is 12.0. The number of hydrogen-bond donors (Lipinski definition) is 0. The Morgan fingerprint density at radius 2 is 0.882 bits per heavy atom. The van der Waals surface area contributed by atoms with Gasteiger partial charge < -0.3 is 17.1 Å². The number of hydrogen-bond acceptors (Lipinski definition) is 4. The van der Waals surface area contributed by atoms with Crippen LogP contribution in [0.4, 0.5) is 0 Å². The van der Waals surface area contributed by atoms with Crippen LogP contribution in [0.2, 0.25) is 39.3 Å². The third-order valence-corrected chi connectivity index (χ3v) is 14.1. The van der Waals surface area contributed by atoms with E-state index in [-0.39, 0.29) is 0 Å². The van der Waals surface area contributed by atoms with Crippen molar-refractivity contribution in [3.63, 3.8) is 0 Å². The van der Waals surface area contributed by atoms with E-state index >= 15 is 0 Å². The molecule has 2 saturated heterocycles. The Kier molecular flexibility index (Phi) is 5.16. The summed E-state index contributed by atoms with van der Waals surface area (Å²) >= 11 is 0. The van der Waals surface area contributed by atoms with Crippen molar-refractivity contribution in [3.8, 4) is 0 Å². The molecule has 0 N–H and O–H groups in total. The van der Waals surface area contributed by atoms with E-state index in [1.54, 1.807) is 0 Å². The number of ether oxygens (including phenoxy) is 1. The standard InChI is InChI=1S/C6H18O3Si3.C4H8O/c1-10(2)7-11(3,4)9-12(5,6)8-10;1-2-4-5-3-1/h1-6H3;1-4H2. The lowest BCUT2D eigenvalue weighted by atomic mass is 10.4. The van der Waals surface area contributed by atoms with E-state index in [0.29, 0.717) is 0 Å². The van der Waals surface area contributed by atoms with Crippen LogP contribution in [0, 0.1) is 0 Å². The molecule has 0 spiro atoms. The molecule has 0 bridgehead atoms. The van der Waals surface area contributed by atoms with Crippen LogP contribution in [0.5, 0.6) is 0 Å². The van der Waals surface area contributed by atoms with Gasteiger partial charge in [0.25, 0.3) is 0 Å². The van der Waals surface area contributed by atoms with Gasteiger partial charge in [0.05, 0.1) is 0 Å². The molecular formula is C10H26O4Si3. The fourth-order valence-corrected chi connectivity index (χ4v) is 18.2. The van der Waals surface area contributed by atoms with E-state index in [1.165, 1.54) is 12.8 Å². The monoisotopic (exact) mass is 294 g/mol. The van der Waals surface area contributed by atoms with Gasteiger partial charge in [0.1, 0.15) is 0 Å². The second kappa shape index (κ2) is 5.64. The number of rotatable bonds is 0. The first-order chi connectivity index (χ1) is 7.62. The van der Waals surface area contributed by atoms with E-state index in [4.69, 9.17) is 17.1 Å². The molecule has 4 nitrogen and oxygen atoms in total. The second-order valence-electron chi connectivity index (χ2n) is 5.83. The lowest BCUT2D eigenvalue weighted by Crippen LogP contribution is -2.64. The maximum atomic E-state index is 5.86. The van der Waals surface area contributed by atoms with Crippen LogP contribution < -0.4 is 0 Å². The third-order valence-electron chi connectivity index (χ3n) is 2.30. The Morgan fingerprint density at radius 3 is 1.06 bits per heavy atom. The van der Waals surface area contributed by atoms with Gasteiger partial charge in [-0.05, 0) is 52.1 Å². The summed E-state index contributed by atoms with van der Waals surface area (Å²) in [6.07, 6.45) is 2.56. The molecule has 2 aliphatic heterocycles. The van der Waals surface area contributed by atoms with Gasteiger partial charge in [0.2, 0.25) is 0 Å². The summed E-state index contributed by atoms with van der Waals surface area (Å²) < 4.78 is 22.5. The molecule has 0 radical (unpaired) electrons. The molecule has 2 heterocycles. The molecule has 0 aromatic heterocycles. The van der Waals surface area contributed by atoms with Crippen molar-refractivity contribution in [1.82, 2.24) is 0 Å². The van der Waals surface area contributed by atoms with Gasteiger partial charge >= 0.3 is 25.7 Å². The zero-order valence-corrected chi connectivity index (χ0v) is 15.0. The third kappa shape index (κ3) is 6.28. The van der Waals surface area contributed by atoms with Crippen LogP contribution in [-0.2, 0) is 17.1 Å². The first-order valence-corrected chi connectivity index (χ1v) is 14.8. The highest BCUT2D eigenvalue weighted by Gasteiger charge is 2.49. The van der Waals surface area contributed by atoms with Crippen molar-refractivity contribution < 1.29 is 17.1 Å². The molecule has 0 aliphatic carbocycles. The molecule has 17 heavy (non-hydrogen) atoms. The van der Waals surface area contributed by atoms with Crippen LogP contribution in [0.25, 0.3) is 0 Å². The molecule has 2 aliphatic rings. The molecule has 0 aromatic carbocycles. The van der Waals surface area contributed by atoms with Crippen LogP contribution in [-0.4, -0.2) is 38.9 Å². The summed E-state index contributed by atoms with van der Waals surface area (Å²) in [6.45, 7) is 14.6. The fourth-order valence-electron chi connectivity index (χ4n) is 2.35. The van der Waals surface area contributed by atoms with E-state index in [1.807, 2.05) is 0 Å².